The van der Waals surface area contributed by atoms with Gasteiger partial charge in [-0.2, -0.15) is 0 Å². The summed E-state index contributed by atoms with van der Waals surface area (Å²) in [7, 11) is 0. The van der Waals surface area contributed by atoms with Crippen LogP contribution in [0.5, 0.6) is 5.75 Å². The summed E-state index contributed by atoms with van der Waals surface area (Å²) in [6.07, 6.45) is 0.984. The molecule has 1 aromatic rings. The molecule has 21 heavy (non-hydrogen) atoms. The number of benzene rings is 1. The largest absolute Gasteiger partial charge is 0.492 e. The molecule has 1 fully saturated rings. The monoisotopic (exact) mass is 292 g/mol. The van der Waals surface area contributed by atoms with E-state index < -0.39 is 5.97 Å². The first-order valence-electron chi connectivity index (χ1n) is 7.61. The second kappa shape index (κ2) is 7.88. The fourth-order valence-corrected chi connectivity index (χ4v) is 2.66. The molecule has 116 valence electrons. The molecule has 0 amide bonds. The molecule has 1 N–H and O–H groups in total. The zero-order chi connectivity index (χ0) is 15.1. The summed E-state index contributed by atoms with van der Waals surface area (Å²) in [5, 5.41) is 8.67. The van der Waals surface area contributed by atoms with Crippen LogP contribution >= 0.6 is 0 Å². The van der Waals surface area contributed by atoms with E-state index in [0.29, 0.717) is 6.61 Å². The van der Waals surface area contributed by atoms with E-state index in [1.165, 1.54) is 0 Å². The maximum atomic E-state index is 10.5. The van der Waals surface area contributed by atoms with Crippen LogP contribution in [0.3, 0.4) is 0 Å². The van der Waals surface area contributed by atoms with Gasteiger partial charge in [0.2, 0.25) is 0 Å². The van der Waals surface area contributed by atoms with Crippen molar-refractivity contribution in [3.63, 3.8) is 0 Å². The third kappa shape index (κ3) is 4.63. The lowest BCUT2D eigenvalue weighted by Crippen LogP contribution is -2.46. The van der Waals surface area contributed by atoms with Gasteiger partial charge < -0.3 is 14.7 Å². The molecule has 1 aromatic carbocycles. The van der Waals surface area contributed by atoms with Gasteiger partial charge in [0.25, 0.3) is 0 Å². The van der Waals surface area contributed by atoms with E-state index >= 15 is 0 Å². The Morgan fingerprint density at radius 2 is 1.95 bits per heavy atom. The van der Waals surface area contributed by atoms with Crippen molar-refractivity contribution in [2.24, 2.45) is 0 Å². The number of piperazine rings is 1. The van der Waals surface area contributed by atoms with Gasteiger partial charge in [0.1, 0.15) is 5.75 Å². The Hall–Kier alpha value is -1.75. The molecule has 0 radical (unpaired) electrons. The molecule has 0 bridgehead atoms. The van der Waals surface area contributed by atoms with Gasteiger partial charge in [-0.1, -0.05) is 12.1 Å². The number of hydrogen-bond donors (Lipinski definition) is 1. The van der Waals surface area contributed by atoms with Gasteiger partial charge in [-0.05, 0) is 32.0 Å². The number of carbonyl (C=O) groups is 1. The van der Waals surface area contributed by atoms with Crippen LogP contribution in [-0.2, 0) is 4.79 Å². The standard InChI is InChI=1S/C16H24N2O3/c1-2-21-15-7-4-3-6-14(15)18-12-10-17(11-13-18)9-5-8-16(19)20/h3-4,6-7H,2,5,8-13H2,1H3,(H,19,20). The third-order valence-electron chi connectivity index (χ3n) is 3.74. The van der Waals surface area contributed by atoms with Crippen LogP contribution in [0.1, 0.15) is 19.8 Å². The highest BCUT2D eigenvalue weighted by Gasteiger charge is 2.19. The lowest BCUT2D eigenvalue weighted by atomic mass is 10.2. The lowest BCUT2D eigenvalue weighted by Gasteiger charge is -2.36. The molecule has 1 aliphatic rings. The van der Waals surface area contributed by atoms with Gasteiger partial charge in [0.15, 0.2) is 0 Å². The predicted molar refractivity (Wildman–Crippen MR) is 83.1 cm³/mol. The highest BCUT2D eigenvalue weighted by molar-refractivity contribution is 5.66. The van der Waals surface area contributed by atoms with Crippen molar-refractivity contribution in [3.8, 4) is 5.75 Å². The Morgan fingerprint density at radius 1 is 1.24 bits per heavy atom. The summed E-state index contributed by atoms with van der Waals surface area (Å²) in [6.45, 7) is 7.39. The molecule has 5 heteroatoms. The quantitative estimate of drug-likeness (QED) is 0.834. The second-order valence-corrected chi connectivity index (χ2v) is 5.23. The van der Waals surface area contributed by atoms with Crippen LogP contribution in [0.2, 0.25) is 0 Å². The van der Waals surface area contributed by atoms with E-state index in [1.807, 2.05) is 25.1 Å². The minimum absolute atomic E-state index is 0.257. The number of ether oxygens (including phenoxy) is 1. The van der Waals surface area contributed by atoms with E-state index in [-0.39, 0.29) is 6.42 Å². The van der Waals surface area contributed by atoms with Gasteiger partial charge in [-0.3, -0.25) is 9.69 Å². The molecule has 1 aliphatic heterocycles. The summed E-state index contributed by atoms with van der Waals surface area (Å²) in [4.78, 5) is 15.2. The maximum Gasteiger partial charge on any atom is 0.303 e. The maximum absolute atomic E-state index is 10.5. The van der Waals surface area contributed by atoms with Crippen LogP contribution in [-0.4, -0.2) is 55.3 Å². The molecule has 0 unspecified atom stereocenters. The summed E-state index contributed by atoms with van der Waals surface area (Å²) >= 11 is 0. The zero-order valence-corrected chi connectivity index (χ0v) is 12.6. The average molecular weight is 292 g/mol. The highest BCUT2D eigenvalue weighted by atomic mass is 16.5. The van der Waals surface area contributed by atoms with E-state index in [9.17, 15) is 4.79 Å². The van der Waals surface area contributed by atoms with Crippen molar-refractivity contribution < 1.29 is 14.6 Å². The van der Waals surface area contributed by atoms with Crippen molar-refractivity contribution >= 4 is 11.7 Å². The van der Waals surface area contributed by atoms with E-state index in [0.717, 1.165) is 50.6 Å². The number of hydrogen-bond acceptors (Lipinski definition) is 4. The Kier molecular flexibility index (Phi) is 5.87. The predicted octanol–water partition coefficient (Wildman–Crippen LogP) is 2.07. The number of carboxylic acids is 1. The Labute approximate surface area is 126 Å². The van der Waals surface area contributed by atoms with Gasteiger partial charge in [0.05, 0.1) is 12.3 Å². The number of carboxylic acid groups (broad SMARTS) is 1. The Bertz CT molecular complexity index is 457. The molecular weight excluding hydrogens is 268 g/mol. The fraction of sp³-hybridized carbons (Fsp3) is 0.562. The lowest BCUT2D eigenvalue weighted by molar-refractivity contribution is -0.137. The molecular formula is C16H24N2O3. The number of rotatable bonds is 7. The van der Waals surface area contributed by atoms with Crippen LogP contribution in [0.4, 0.5) is 5.69 Å². The van der Waals surface area contributed by atoms with Gasteiger partial charge in [-0.25, -0.2) is 0 Å². The van der Waals surface area contributed by atoms with E-state index in [4.69, 9.17) is 9.84 Å². The first-order chi connectivity index (χ1) is 10.2. The molecule has 0 saturated carbocycles. The third-order valence-corrected chi connectivity index (χ3v) is 3.74. The zero-order valence-electron chi connectivity index (χ0n) is 12.6. The Balaban J connectivity index is 1.85. The summed E-state index contributed by atoms with van der Waals surface area (Å²) in [5.41, 5.74) is 1.16. The van der Waals surface area contributed by atoms with Crippen LogP contribution in [0.15, 0.2) is 24.3 Å². The Morgan fingerprint density at radius 3 is 2.62 bits per heavy atom. The van der Waals surface area contributed by atoms with Gasteiger partial charge in [0, 0.05) is 32.6 Å². The molecule has 0 aromatic heterocycles. The SMILES string of the molecule is CCOc1ccccc1N1CCN(CCCC(=O)O)CC1. The number of aliphatic carboxylic acids is 1. The molecule has 5 nitrogen and oxygen atoms in total. The average Bonchev–Trinajstić information content (AvgIpc) is 2.49. The van der Waals surface area contributed by atoms with Crippen LogP contribution < -0.4 is 9.64 Å². The van der Waals surface area contributed by atoms with Crippen molar-refractivity contribution in [1.82, 2.24) is 4.90 Å². The first-order valence-corrected chi connectivity index (χ1v) is 7.61. The minimum atomic E-state index is -0.709. The number of nitrogens with zero attached hydrogens (tertiary/aromatic N) is 2. The molecule has 0 atom stereocenters. The molecule has 0 aliphatic carbocycles. The van der Waals surface area contributed by atoms with E-state index in [2.05, 4.69) is 15.9 Å². The highest BCUT2D eigenvalue weighted by Crippen LogP contribution is 2.28. The summed E-state index contributed by atoms with van der Waals surface area (Å²) in [6, 6.07) is 8.15. The van der Waals surface area contributed by atoms with Gasteiger partial charge in [-0.15, -0.1) is 0 Å². The second-order valence-electron chi connectivity index (χ2n) is 5.23. The van der Waals surface area contributed by atoms with Crippen LogP contribution in [0.25, 0.3) is 0 Å². The molecule has 1 saturated heterocycles. The molecule has 0 spiro atoms. The molecule has 1 heterocycles. The van der Waals surface area contributed by atoms with Crippen molar-refractivity contribution in [1.29, 1.82) is 0 Å². The number of anilines is 1. The van der Waals surface area contributed by atoms with Gasteiger partial charge >= 0.3 is 5.97 Å². The summed E-state index contributed by atoms with van der Waals surface area (Å²) < 4.78 is 5.69. The smallest absolute Gasteiger partial charge is 0.303 e. The normalized spacial score (nSPS) is 16.0. The van der Waals surface area contributed by atoms with E-state index in [1.54, 1.807) is 0 Å². The van der Waals surface area contributed by atoms with Crippen molar-refractivity contribution in [2.75, 3.05) is 44.2 Å². The van der Waals surface area contributed by atoms with Crippen LogP contribution in [0, 0.1) is 0 Å². The first kappa shape index (κ1) is 15.6. The topological polar surface area (TPSA) is 53.0 Å². The van der Waals surface area contributed by atoms with Crippen molar-refractivity contribution in [3.05, 3.63) is 24.3 Å². The summed E-state index contributed by atoms with van der Waals surface area (Å²) in [5.74, 6) is 0.235. The molecule has 2 rings (SSSR count). The minimum Gasteiger partial charge on any atom is -0.492 e. The van der Waals surface area contributed by atoms with Crippen molar-refractivity contribution in [2.45, 2.75) is 19.8 Å². The fourth-order valence-electron chi connectivity index (χ4n) is 2.66. The number of para-hydroxylation sites is 2.